The molecule has 1 saturated heterocycles. The monoisotopic (exact) mass is 344 g/mol. The molecule has 22 heavy (non-hydrogen) atoms. The van der Waals surface area contributed by atoms with Crippen LogP contribution in [0.2, 0.25) is 0 Å². The number of hydrogen-bond acceptors (Lipinski definition) is 6. The van der Waals surface area contributed by atoms with Crippen LogP contribution in [-0.4, -0.2) is 59.4 Å². The average Bonchev–Trinajstić information content (AvgIpc) is 2.56. The van der Waals surface area contributed by atoms with Crippen LogP contribution >= 0.6 is 0 Å². The van der Waals surface area contributed by atoms with Crippen molar-refractivity contribution in [3.05, 3.63) is 11.6 Å². The van der Waals surface area contributed by atoms with Gasteiger partial charge in [-0.25, -0.2) is 4.79 Å². The van der Waals surface area contributed by atoms with E-state index in [1.807, 2.05) is 0 Å². The molecule has 0 aromatic heterocycles. The van der Waals surface area contributed by atoms with Crippen molar-refractivity contribution in [1.29, 1.82) is 0 Å². The minimum atomic E-state index is -4.95. The van der Waals surface area contributed by atoms with Gasteiger partial charge in [0.25, 0.3) is 0 Å². The number of carbonyl (C=O) groups excluding carboxylic acids is 3. The first-order valence-electron chi connectivity index (χ1n) is 5.65. The number of carbonyl (C=O) groups is 3. The minimum Gasteiger partial charge on any atom is -1.00 e. The van der Waals surface area contributed by atoms with Gasteiger partial charge in [-0.2, -0.15) is 13.5 Å². The van der Waals surface area contributed by atoms with E-state index in [9.17, 15) is 22.8 Å². The summed E-state index contributed by atoms with van der Waals surface area (Å²) in [6.45, 7) is -0.124. The van der Waals surface area contributed by atoms with E-state index >= 15 is 0 Å². The van der Waals surface area contributed by atoms with E-state index in [0.717, 1.165) is 4.90 Å². The third kappa shape index (κ3) is 3.77. The topological polar surface area (TPSA) is 173 Å². The molecule has 4 amide bonds. The van der Waals surface area contributed by atoms with Gasteiger partial charge in [0.15, 0.2) is 0 Å². The van der Waals surface area contributed by atoms with Crippen LogP contribution in [0.5, 0.6) is 0 Å². The standard InChI is InChI=1S/C9H12N4O7S.Na.H/c10-7(14)2-4-1-5(8(11)15)12-3-6(4)13(9(12)16)20-21(17,18)19;;/h1,5-6H,2-3H2,(H2,10,14)(H2,11,15)(H,17,18,19);;/q;+1;-1. The molecule has 2 rings (SSSR count). The smallest absolute Gasteiger partial charge is 1.00 e. The van der Waals surface area contributed by atoms with Crippen LogP contribution in [0.15, 0.2) is 11.6 Å². The molecular formula is C9H13N4NaO7S. The summed E-state index contributed by atoms with van der Waals surface area (Å²) in [5.74, 6) is -1.61. The Morgan fingerprint density at radius 1 is 1.45 bits per heavy atom. The number of rotatable bonds is 5. The Morgan fingerprint density at radius 3 is 2.50 bits per heavy atom. The Morgan fingerprint density at radius 2 is 2.05 bits per heavy atom. The van der Waals surface area contributed by atoms with Crippen LogP contribution in [0.1, 0.15) is 7.85 Å². The third-order valence-electron chi connectivity index (χ3n) is 3.07. The molecule has 2 atom stereocenters. The van der Waals surface area contributed by atoms with Crippen LogP contribution in [0.25, 0.3) is 0 Å². The Hall–Kier alpha value is -1.18. The van der Waals surface area contributed by atoms with Gasteiger partial charge in [-0.1, -0.05) is 6.08 Å². The number of nitrogens with two attached hydrogens (primary N) is 2. The largest absolute Gasteiger partial charge is 1.00 e. The van der Waals surface area contributed by atoms with E-state index in [1.54, 1.807) is 0 Å². The number of hydrogen-bond donors (Lipinski definition) is 3. The summed E-state index contributed by atoms with van der Waals surface area (Å²) in [4.78, 5) is 35.3. The van der Waals surface area contributed by atoms with Gasteiger partial charge < -0.3 is 17.8 Å². The summed E-state index contributed by atoms with van der Waals surface area (Å²) in [6, 6.07) is -3.10. The molecule has 2 aliphatic heterocycles. The molecule has 2 aliphatic rings. The molecule has 118 valence electrons. The van der Waals surface area contributed by atoms with Gasteiger partial charge in [0.1, 0.15) is 12.1 Å². The zero-order valence-electron chi connectivity index (χ0n) is 12.5. The second-order valence-corrected chi connectivity index (χ2v) is 5.52. The van der Waals surface area contributed by atoms with Crippen molar-refractivity contribution < 1.29 is 62.6 Å². The summed E-state index contributed by atoms with van der Waals surface area (Å²) in [7, 11) is -4.95. The molecule has 0 spiro atoms. The summed E-state index contributed by atoms with van der Waals surface area (Å²) in [6.07, 6.45) is 0.938. The number of amides is 4. The minimum absolute atomic E-state index is 0. The van der Waals surface area contributed by atoms with Gasteiger partial charge >= 0.3 is 46.0 Å². The number of nitrogens with zero attached hydrogens (tertiary/aromatic N) is 2. The molecule has 5 N–H and O–H groups in total. The van der Waals surface area contributed by atoms with Crippen molar-refractivity contribution >= 4 is 28.2 Å². The Bertz CT molecular complexity index is 654. The van der Waals surface area contributed by atoms with Crippen molar-refractivity contribution in [2.75, 3.05) is 6.54 Å². The quantitative estimate of drug-likeness (QED) is 0.253. The molecule has 1 fully saturated rings. The van der Waals surface area contributed by atoms with Crippen molar-refractivity contribution in [2.24, 2.45) is 11.5 Å². The molecular weight excluding hydrogens is 331 g/mol. The fourth-order valence-electron chi connectivity index (χ4n) is 2.30. The normalized spacial score (nSPS) is 23.9. The predicted octanol–water partition coefficient (Wildman–Crippen LogP) is -5.39. The molecule has 0 aromatic rings. The van der Waals surface area contributed by atoms with Crippen LogP contribution in [0.3, 0.4) is 0 Å². The van der Waals surface area contributed by atoms with Crippen molar-refractivity contribution in [1.82, 2.24) is 9.96 Å². The SMILES string of the molecule is NC(=O)CC1=CC(C(N)=O)N2CC1N(OS(=O)(=O)O)C2=O.[H-].[Na+]. The van der Waals surface area contributed by atoms with E-state index in [1.165, 1.54) is 6.08 Å². The Kier molecular flexibility index (Phi) is 5.59. The van der Waals surface area contributed by atoms with Gasteiger partial charge in [-0.15, -0.1) is 4.28 Å². The first-order valence-corrected chi connectivity index (χ1v) is 7.01. The van der Waals surface area contributed by atoms with E-state index in [-0.39, 0.29) is 49.5 Å². The maximum atomic E-state index is 12.0. The zero-order valence-corrected chi connectivity index (χ0v) is 14.3. The second-order valence-electron chi connectivity index (χ2n) is 4.51. The number of fused-ring (bicyclic) bond motifs is 2. The summed E-state index contributed by atoms with van der Waals surface area (Å²) in [5.41, 5.74) is 10.4. The third-order valence-corrected chi connectivity index (χ3v) is 3.42. The molecule has 0 radical (unpaired) electrons. The average molecular weight is 344 g/mol. The van der Waals surface area contributed by atoms with Gasteiger partial charge in [0.05, 0.1) is 6.54 Å². The Labute approximate surface area is 148 Å². The molecule has 2 unspecified atom stereocenters. The Balaban J connectivity index is 0.00000242. The van der Waals surface area contributed by atoms with Gasteiger partial charge in [-0.3, -0.25) is 14.1 Å². The molecule has 0 aliphatic carbocycles. The maximum absolute atomic E-state index is 12.0. The van der Waals surface area contributed by atoms with E-state index in [2.05, 4.69) is 4.28 Å². The number of primary amides is 2. The molecule has 2 heterocycles. The van der Waals surface area contributed by atoms with E-state index < -0.39 is 40.3 Å². The van der Waals surface area contributed by atoms with Crippen molar-refractivity contribution in [2.45, 2.75) is 18.5 Å². The molecule has 2 bridgehead atoms. The van der Waals surface area contributed by atoms with Crippen LogP contribution < -0.4 is 41.0 Å². The molecule has 11 nitrogen and oxygen atoms in total. The maximum Gasteiger partial charge on any atom is 1.00 e. The summed E-state index contributed by atoms with van der Waals surface area (Å²) < 4.78 is 34.5. The van der Waals surface area contributed by atoms with Gasteiger partial charge in [0.2, 0.25) is 11.8 Å². The van der Waals surface area contributed by atoms with Crippen LogP contribution in [0.4, 0.5) is 4.79 Å². The zero-order chi connectivity index (χ0) is 15.9. The van der Waals surface area contributed by atoms with Gasteiger partial charge in [0, 0.05) is 6.42 Å². The number of hydroxylamine groups is 2. The second kappa shape index (κ2) is 6.52. The first kappa shape index (κ1) is 18.9. The predicted molar refractivity (Wildman–Crippen MR) is 66.4 cm³/mol. The first-order chi connectivity index (χ1) is 9.60. The fraction of sp³-hybridized carbons (Fsp3) is 0.444. The summed E-state index contributed by atoms with van der Waals surface area (Å²) >= 11 is 0. The van der Waals surface area contributed by atoms with E-state index in [0.29, 0.717) is 5.06 Å². The van der Waals surface area contributed by atoms with E-state index in [4.69, 9.17) is 16.0 Å². The fourth-order valence-corrected chi connectivity index (χ4v) is 2.67. The van der Waals surface area contributed by atoms with Crippen molar-refractivity contribution in [3.8, 4) is 0 Å². The van der Waals surface area contributed by atoms with Crippen LogP contribution in [0, 0.1) is 0 Å². The van der Waals surface area contributed by atoms with Gasteiger partial charge in [-0.05, 0) is 5.57 Å². The molecule has 13 heteroatoms. The van der Waals surface area contributed by atoms with Crippen LogP contribution in [-0.2, 0) is 24.3 Å². The summed E-state index contributed by atoms with van der Waals surface area (Å²) in [5, 5.41) is 0.368. The molecule has 0 aromatic carbocycles. The molecule has 0 saturated carbocycles. The van der Waals surface area contributed by atoms with Crippen molar-refractivity contribution in [3.63, 3.8) is 0 Å². The number of urea groups is 1.